The molecule has 0 spiro atoms. The van der Waals surface area contributed by atoms with Crippen LogP contribution in [-0.2, 0) is 14.3 Å². The Hall–Kier alpha value is -2.27. The number of carbonyl (C=O) groups is 2. The molecule has 5 heteroatoms. The summed E-state index contributed by atoms with van der Waals surface area (Å²) in [5.41, 5.74) is 1.26. The minimum Gasteiger partial charge on any atom is -0.465 e. The van der Waals surface area contributed by atoms with Crippen LogP contribution in [0.3, 0.4) is 0 Å². The Morgan fingerprint density at radius 2 is 1.70 bits per heavy atom. The monoisotopic (exact) mass is 330 g/mol. The highest BCUT2D eigenvalue weighted by molar-refractivity contribution is 8.00. The van der Waals surface area contributed by atoms with E-state index in [1.807, 2.05) is 36.4 Å². The van der Waals surface area contributed by atoms with Crippen LogP contribution in [0.15, 0.2) is 59.5 Å². The van der Waals surface area contributed by atoms with Crippen LogP contribution in [0.2, 0.25) is 0 Å². The molecule has 2 aromatic carbocycles. The Bertz CT molecular complexity index is 670. The standard InChI is InChI=1S/C18H18O4S/c1-3-22-18(20)16(13-9-5-4-6-10-13)23-15-12-8-7-11-14(15)17(19)21-2/h4-12,16H,3H2,1-2H3. The zero-order chi connectivity index (χ0) is 16.7. The summed E-state index contributed by atoms with van der Waals surface area (Å²) in [6.45, 7) is 2.08. The van der Waals surface area contributed by atoms with E-state index < -0.39 is 11.2 Å². The molecule has 0 fully saturated rings. The summed E-state index contributed by atoms with van der Waals surface area (Å²) in [5, 5.41) is -0.540. The minimum absolute atomic E-state index is 0.307. The lowest BCUT2D eigenvalue weighted by Gasteiger charge is -2.17. The first kappa shape index (κ1) is 17.1. The number of hydrogen-bond donors (Lipinski definition) is 0. The number of carbonyl (C=O) groups excluding carboxylic acids is 2. The third-order valence-corrected chi connectivity index (χ3v) is 4.45. The van der Waals surface area contributed by atoms with E-state index in [1.165, 1.54) is 18.9 Å². The zero-order valence-electron chi connectivity index (χ0n) is 13.0. The van der Waals surface area contributed by atoms with Crippen molar-refractivity contribution in [1.82, 2.24) is 0 Å². The average molecular weight is 330 g/mol. The summed E-state index contributed by atoms with van der Waals surface area (Å²) >= 11 is 1.28. The molecule has 2 rings (SSSR count). The molecule has 0 saturated carbocycles. The lowest BCUT2D eigenvalue weighted by Crippen LogP contribution is -2.14. The molecule has 23 heavy (non-hydrogen) atoms. The van der Waals surface area contributed by atoms with Crippen molar-refractivity contribution in [2.24, 2.45) is 0 Å². The molecule has 120 valence electrons. The molecular formula is C18H18O4S. The van der Waals surface area contributed by atoms with Crippen molar-refractivity contribution < 1.29 is 19.1 Å². The van der Waals surface area contributed by atoms with Gasteiger partial charge in [0.25, 0.3) is 0 Å². The predicted octanol–water partition coefficient (Wildman–Crippen LogP) is 3.87. The Morgan fingerprint density at radius 3 is 2.35 bits per heavy atom. The topological polar surface area (TPSA) is 52.6 Å². The first-order valence-electron chi connectivity index (χ1n) is 7.23. The van der Waals surface area contributed by atoms with Gasteiger partial charge in [-0.05, 0) is 24.6 Å². The van der Waals surface area contributed by atoms with Gasteiger partial charge in [-0.1, -0.05) is 42.5 Å². The second-order valence-electron chi connectivity index (χ2n) is 4.65. The number of hydrogen-bond acceptors (Lipinski definition) is 5. The summed E-state index contributed by atoms with van der Waals surface area (Å²) in [7, 11) is 1.34. The lowest BCUT2D eigenvalue weighted by atomic mass is 10.1. The fourth-order valence-electron chi connectivity index (χ4n) is 2.07. The van der Waals surface area contributed by atoms with Crippen molar-refractivity contribution in [1.29, 1.82) is 0 Å². The maximum Gasteiger partial charge on any atom is 0.338 e. The van der Waals surface area contributed by atoms with Crippen molar-refractivity contribution in [3.8, 4) is 0 Å². The van der Waals surface area contributed by atoms with Crippen molar-refractivity contribution in [2.75, 3.05) is 13.7 Å². The number of methoxy groups -OCH3 is 1. The van der Waals surface area contributed by atoms with Gasteiger partial charge < -0.3 is 9.47 Å². The van der Waals surface area contributed by atoms with Crippen LogP contribution in [-0.4, -0.2) is 25.7 Å². The van der Waals surface area contributed by atoms with Crippen molar-refractivity contribution >= 4 is 23.7 Å². The van der Waals surface area contributed by atoms with E-state index in [0.29, 0.717) is 17.1 Å². The maximum absolute atomic E-state index is 12.3. The van der Waals surface area contributed by atoms with Gasteiger partial charge in [-0.2, -0.15) is 0 Å². The van der Waals surface area contributed by atoms with E-state index in [0.717, 1.165) is 5.56 Å². The molecule has 2 aromatic rings. The second kappa shape index (κ2) is 8.39. The molecule has 1 atom stereocenters. The van der Waals surface area contributed by atoms with Gasteiger partial charge in [0.05, 0.1) is 19.3 Å². The molecule has 0 aliphatic heterocycles. The molecular weight excluding hydrogens is 312 g/mol. The third-order valence-electron chi connectivity index (χ3n) is 3.14. The quantitative estimate of drug-likeness (QED) is 0.594. The van der Waals surface area contributed by atoms with Gasteiger partial charge >= 0.3 is 11.9 Å². The highest BCUT2D eigenvalue weighted by Gasteiger charge is 2.25. The van der Waals surface area contributed by atoms with Crippen LogP contribution in [0, 0.1) is 0 Å². The van der Waals surface area contributed by atoms with Crippen LogP contribution >= 0.6 is 11.8 Å². The lowest BCUT2D eigenvalue weighted by molar-refractivity contribution is -0.142. The van der Waals surface area contributed by atoms with E-state index in [1.54, 1.807) is 25.1 Å². The molecule has 0 aromatic heterocycles. The molecule has 0 bridgehead atoms. The van der Waals surface area contributed by atoms with Crippen LogP contribution in [0.5, 0.6) is 0 Å². The summed E-state index contributed by atoms with van der Waals surface area (Å²) in [6.07, 6.45) is 0. The van der Waals surface area contributed by atoms with Gasteiger partial charge in [-0.15, -0.1) is 11.8 Å². The van der Waals surface area contributed by atoms with Crippen LogP contribution in [0.25, 0.3) is 0 Å². The van der Waals surface area contributed by atoms with E-state index in [4.69, 9.17) is 9.47 Å². The fraction of sp³-hybridized carbons (Fsp3) is 0.222. The van der Waals surface area contributed by atoms with E-state index in [2.05, 4.69) is 0 Å². The van der Waals surface area contributed by atoms with Crippen LogP contribution in [0.4, 0.5) is 0 Å². The minimum atomic E-state index is -0.540. The third kappa shape index (κ3) is 4.36. The number of thioether (sulfide) groups is 1. The molecule has 4 nitrogen and oxygen atoms in total. The normalized spacial score (nSPS) is 11.6. The first-order chi connectivity index (χ1) is 11.2. The number of benzene rings is 2. The highest BCUT2D eigenvalue weighted by Crippen LogP contribution is 2.38. The summed E-state index contributed by atoms with van der Waals surface area (Å²) < 4.78 is 9.99. The fourth-order valence-corrected chi connectivity index (χ4v) is 3.22. The molecule has 1 unspecified atom stereocenters. The SMILES string of the molecule is CCOC(=O)C(Sc1ccccc1C(=O)OC)c1ccccc1. The second-order valence-corrected chi connectivity index (χ2v) is 5.80. The summed E-state index contributed by atoms with van der Waals surface area (Å²) in [6, 6.07) is 16.4. The highest BCUT2D eigenvalue weighted by atomic mass is 32.2. The molecule has 0 aliphatic rings. The smallest absolute Gasteiger partial charge is 0.338 e. The van der Waals surface area contributed by atoms with E-state index in [-0.39, 0.29) is 5.97 Å². The number of rotatable bonds is 6. The maximum atomic E-state index is 12.3. The molecule has 0 aliphatic carbocycles. The summed E-state index contributed by atoms with van der Waals surface area (Å²) in [5.74, 6) is -0.757. The van der Waals surface area contributed by atoms with Gasteiger partial charge in [-0.3, -0.25) is 4.79 Å². The van der Waals surface area contributed by atoms with Crippen molar-refractivity contribution in [3.63, 3.8) is 0 Å². The molecule has 0 saturated heterocycles. The Labute approximate surface area is 139 Å². The largest absolute Gasteiger partial charge is 0.465 e. The molecule has 0 N–H and O–H groups in total. The van der Waals surface area contributed by atoms with Gasteiger partial charge in [0.2, 0.25) is 0 Å². The number of esters is 2. The van der Waals surface area contributed by atoms with E-state index in [9.17, 15) is 9.59 Å². The van der Waals surface area contributed by atoms with Gasteiger partial charge in [0.1, 0.15) is 5.25 Å². The zero-order valence-corrected chi connectivity index (χ0v) is 13.8. The molecule has 0 heterocycles. The molecule has 0 radical (unpaired) electrons. The number of ether oxygens (including phenoxy) is 2. The Kier molecular flexibility index (Phi) is 6.23. The van der Waals surface area contributed by atoms with Gasteiger partial charge in [0.15, 0.2) is 0 Å². The Balaban J connectivity index is 2.35. The average Bonchev–Trinajstić information content (AvgIpc) is 2.60. The van der Waals surface area contributed by atoms with Gasteiger partial charge in [0, 0.05) is 4.90 Å². The Morgan fingerprint density at radius 1 is 1.04 bits per heavy atom. The van der Waals surface area contributed by atoms with Gasteiger partial charge in [-0.25, -0.2) is 4.79 Å². The van der Waals surface area contributed by atoms with Crippen LogP contribution in [0.1, 0.15) is 28.1 Å². The van der Waals surface area contributed by atoms with Crippen molar-refractivity contribution in [3.05, 3.63) is 65.7 Å². The molecule has 0 amide bonds. The summed E-state index contributed by atoms with van der Waals surface area (Å²) in [4.78, 5) is 24.9. The first-order valence-corrected chi connectivity index (χ1v) is 8.11. The van der Waals surface area contributed by atoms with E-state index >= 15 is 0 Å². The van der Waals surface area contributed by atoms with Crippen LogP contribution < -0.4 is 0 Å². The predicted molar refractivity (Wildman–Crippen MR) is 89.5 cm³/mol. The van der Waals surface area contributed by atoms with Crippen molar-refractivity contribution in [2.45, 2.75) is 17.1 Å².